The molecule has 0 aliphatic heterocycles. The topological polar surface area (TPSA) is 220 Å². The Hall–Kier alpha value is -3.94. The summed E-state index contributed by atoms with van der Waals surface area (Å²) >= 11 is 0. The van der Waals surface area contributed by atoms with E-state index in [0.717, 1.165) is 0 Å². The number of rotatable bonds is 8. The molecule has 1 amide bonds. The van der Waals surface area contributed by atoms with Crippen molar-refractivity contribution in [2.45, 2.75) is 50.9 Å². The molecular formula is C29H37N3O10. The van der Waals surface area contributed by atoms with Crippen molar-refractivity contribution in [2.75, 3.05) is 32.6 Å². The van der Waals surface area contributed by atoms with Crippen molar-refractivity contribution in [1.82, 2.24) is 4.90 Å². The van der Waals surface area contributed by atoms with Crippen LogP contribution in [0.15, 0.2) is 29.0 Å². The minimum absolute atomic E-state index is 0.117. The highest BCUT2D eigenvalue weighted by molar-refractivity contribution is 6.24. The number of esters is 1. The second kappa shape index (κ2) is 11.0. The van der Waals surface area contributed by atoms with Gasteiger partial charge in [0.1, 0.15) is 22.8 Å². The summed E-state index contributed by atoms with van der Waals surface area (Å²) in [4.78, 5) is 52.5. The average Bonchev–Trinajstić information content (AvgIpc) is 2.89. The highest BCUT2D eigenvalue weighted by Gasteiger charge is 2.68. The largest absolute Gasteiger partial charge is 0.508 e. The van der Waals surface area contributed by atoms with Crippen LogP contribution < -0.4 is 11.1 Å². The van der Waals surface area contributed by atoms with Crippen LogP contribution in [-0.4, -0.2) is 98.9 Å². The molecule has 0 aromatic heterocycles. The van der Waals surface area contributed by atoms with Gasteiger partial charge in [-0.05, 0) is 44.5 Å². The van der Waals surface area contributed by atoms with Gasteiger partial charge in [-0.15, -0.1) is 0 Å². The molecule has 6 unspecified atom stereocenters. The van der Waals surface area contributed by atoms with Crippen LogP contribution in [0.2, 0.25) is 0 Å². The number of phenolic OH excluding ortho intramolecular Hbond substituents is 1. The number of aliphatic hydroxyl groups is 4. The Balaban J connectivity index is 1.82. The monoisotopic (exact) mass is 587 g/mol. The third kappa shape index (κ3) is 4.52. The van der Waals surface area contributed by atoms with Gasteiger partial charge in [-0.1, -0.05) is 19.9 Å². The standard InChI is InChI=1S/C29H37N3O10/c1-6-42-15(33)9-11(2)10-31-14-8-7-13-12(3)16-18(23(35)17(13)22(14)34)26(38)29(41)20(24(16)36)21(32(4)5)25(37)19(27(29)39)28(30)40/h7-8,11-12,16,20-21,24,31,34-36,39,41H,6,9-10H2,1-5H3,(H2,30,40)/t11?,12?,16?,20?,21-,24?,29?/m0/s1. The number of ketones is 2. The van der Waals surface area contributed by atoms with Gasteiger partial charge < -0.3 is 41.3 Å². The first-order valence-electron chi connectivity index (χ1n) is 13.7. The number of nitrogens with two attached hydrogens (primary N) is 1. The smallest absolute Gasteiger partial charge is 0.306 e. The minimum Gasteiger partial charge on any atom is -0.508 e. The number of nitrogens with one attached hydrogen (secondary N) is 1. The van der Waals surface area contributed by atoms with Crippen molar-refractivity contribution in [1.29, 1.82) is 0 Å². The molecule has 228 valence electrons. The maximum absolute atomic E-state index is 14.1. The number of aliphatic hydroxyl groups excluding tert-OH is 3. The summed E-state index contributed by atoms with van der Waals surface area (Å²) in [6.07, 6.45) is -1.53. The van der Waals surface area contributed by atoms with Crippen LogP contribution in [0.3, 0.4) is 0 Å². The molecule has 1 saturated carbocycles. The minimum atomic E-state index is -2.97. The van der Waals surface area contributed by atoms with E-state index in [4.69, 9.17) is 10.5 Å². The number of anilines is 1. The molecule has 0 spiro atoms. The Morgan fingerprint density at radius 2 is 1.83 bits per heavy atom. The molecule has 0 saturated heterocycles. The van der Waals surface area contributed by atoms with Crippen LogP contribution in [0.4, 0.5) is 5.69 Å². The van der Waals surface area contributed by atoms with E-state index in [1.807, 2.05) is 0 Å². The maximum Gasteiger partial charge on any atom is 0.306 e. The fourth-order valence-electron chi connectivity index (χ4n) is 6.62. The molecule has 42 heavy (non-hydrogen) atoms. The van der Waals surface area contributed by atoms with Crippen LogP contribution >= 0.6 is 0 Å². The Bertz CT molecular complexity index is 1420. The van der Waals surface area contributed by atoms with Crippen molar-refractivity contribution in [3.63, 3.8) is 0 Å². The molecule has 7 atom stereocenters. The van der Waals surface area contributed by atoms with Gasteiger partial charge in [0, 0.05) is 24.5 Å². The zero-order valence-electron chi connectivity index (χ0n) is 24.0. The molecule has 1 aromatic carbocycles. The molecule has 4 rings (SSSR count). The first-order valence-corrected chi connectivity index (χ1v) is 13.7. The van der Waals surface area contributed by atoms with E-state index in [-0.39, 0.29) is 42.7 Å². The molecule has 3 aliphatic rings. The molecule has 0 heterocycles. The molecular weight excluding hydrogens is 550 g/mol. The molecule has 8 N–H and O–H groups in total. The van der Waals surface area contributed by atoms with Crippen molar-refractivity contribution in [3.8, 4) is 5.75 Å². The Morgan fingerprint density at radius 3 is 2.40 bits per heavy atom. The highest BCUT2D eigenvalue weighted by Crippen LogP contribution is 2.56. The number of nitrogens with zero attached hydrogens (tertiary/aromatic N) is 1. The number of carbonyl (C=O) groups is 4. The van der Waals surface area contributed by atoms with E-state index >= 15 is 0 Å². The lowest BCUT2D eigenvalue weighted by Gasteiger charge is -2.53. The molecule has 3 aliphatic carbocycles. The number of benzene rings is 1. The highest BCUT2D eigenvalue weighted by atomic mass is 16.5. The van der Waals surface area contributed by atoms with Crippen molar-refractivity contribution in [3.05, 3.63) is 40.2 Å². The van der Waals surface area contributed by atoms with Crippen LogP contribution in [0.1, 0.15) is 44.2 Å². The van der Waals surface area contributed by atoms with Crippen LogP contribution in [0.5, 0.6) is 5.75 Å². The second-order valence-corrected chi connectivity index (χ2v) is 11.5. The van der Waals surface area contributed by atoms with Crippen molar-refractivity contribution < 1.29 is 49.4 Å². The van der Waals surface area contributed by atoms with Gasteiger partial charge >= 0.3 is 5.97 Å². The summed E-state index contributed by atoms with van der Waals surface area (Å²) in [6, 6.07) is 1.76. The zero-order chi connectivity index (χ0) is 31.4. The average molecular weight is 588 g/mol. The summed E-state index contributed by atoms with van der Waals surface area (Å²) < 4.78 is 4.96. The Labute approximate surface area is 242 Å². The van der Waals surface area contributed by atoms with E-state index in [1.54, 1.807) is 32.9 Å². The van der Waals surface area contributed by atoms with Crippen LogP contribution in [0, 0.1) is 17.8 Å². The lowest BCUT2D eigenvalue weighted by Crippen LogP contribution is -2.70. The van der Waals surface area contributed by atoms with Gasteiger partial charge in [0.15, 0.2) is 11.4 Å². The SMILES string of the molecule is CCOC(=O)CC(C)CNc1ccc2c(c1O)C(O)=C1C(=O)C3(O)C(O)=C(C(N)=O)C(=O)[C@@H](N(C)C)C3C(O)C1C2C. The number of hydrogen-bond donors (Lipinski definition) is 7. The number of Topliss-reactive ketones (excluding diaryl/α,β-unsaturated/α-hetero) is 2. The number of aromatic hydroxyl groups is 1. The van der Waals surface area contributed by atoms with E-state index < -0.39 is 81.4 Å². The van der Waals surface area contributed by atoms with E-state index in [9.17, 15) is 44.7 Å². The molecule has 13 heteroatoms. The first-order chi connectivity index (χ1) is 19.6. The van der Waals surface area contributed by atoms with Crippen LogP contribution in [0.25, 0.3) is 5.76 Å². The molecule has 0 radical (unpaired) electrons. The van der Waals surface area contributed by atoms with E-state index in [0.29, 0.717) is 5.56 Å². The fourth-order valence-corrected chi connectivity index (χ4v) is 6.62. The predicted octanol–water partition coefficient (Wildman–Crippen LogP) is 0.497. The maximum atomic E-state index is 14.1. The number of phenols is 1. The quantitative estimate of drug-likeness (QED) is 0.126. The summed E-state index contributed by atoms with van der Waals surface area (Å²) in [6.45, 7) is 5.68. The first kappa shape index (κ1) is 31.0. The Morgan fingerprint density at radius 1 is 1.19 bits per heavy atom. The lowest BCUT2D eigenvalue weighted by molar-refractivity contribution is -0.169. The van der Waals surface area contributed by atoms with Gasteiger partial charge in [-0.3, -0.25) is 24.1 Å². The zero-order valence-corrected chi connectivity index (χ0v) is 24.0. The fraction of sp³-hybridized carbons (Fsp3) is 0.517. The summed E-state index contributed by atoms with van der Waals surface area (Å²) in [5, 5.41) is 60.0. The Kier molecular flexibility index (Phi) is 8.15. The number of amides is 1. The number of hydrogen-bond acceptors (Lipinski definition) is 12. The van der Waals surface area contributed by atoms with E-state index in [1.165, 1.54) is 19.0 Å². The number of likely N-dealkylation sites (N-methyl/N-ethyl adjacent to an activating group) is 1. The summed E-state index contributed by atoms with van der Waals surface area (Å²) in [5.41, 5.74) is 1.39. The molecule has 1 fully saturated rings. The summed E-state index contributed by atoms with van der Waals surface area (Å²) in [5.74, 6) is -10.00. The number of primary amides is 1. The van der Waals surface area contributed by atoms with Gasteiger partial charge in [0.2, 0.25) is 5.78 Å². The third-order valence-corrected chi connectivity index (χ3v) is 8.59. The normalized spacial score (nSPS) is 29.6. The summed E-state index contributed by atoms with van der Waals surface area (Å²) in [7, 11) is 2.90. The second-order valence-electron chi connectivity index (χ2n) is 11.5. The van der Waals surface area contributed by atoms with Crippen molar-refractivity contribution in [2.24, 2.45) is 23.5 Å². The molecule has 0 bridgehead atoms. The predicted molar refractivity (Wildman–Crippen MR) is 149 cm³/mol. The third-order valence-electron chi connectivity index (χ3n) is 8.59. The van der Waals surface area contributed by atoms with Gasteiger partial charge in [0.25, 0.3) is 5.91 Å². The number of carbonyl (C=O) groups excluding carboxylic acids is 4. The molecule has 1 aromatic rings. The van der Waals surface area contributed by atoms with Gasteiger partial charge in [0.05, 0.1) is 35.9 Å². The van der Waals surface area contributed by atoms with Crippen molar-refractivity contribution >= 4 is 34.9 Å². The molecule has 13 nitrogen and oxygen atoms in total. The lowest BCUT2D eigenvalue weighted by atomic mass is 9.54. The van der Waals surface area contributed by atoms with Gasteiger partial charge in [-0.25, -0.2) is 0 Å². The van der Waals surface area contributed by atoms with Crippen LogP contribution in [-0.2, 0) is 23.9 Å². The van der Waals surface area contributed by atoms with E-state index in [2.05, 4.69) is 5.32 Å². The number of fused-ring (bicyclic) bond motifs is 3. The van der Waals surface area contributed by atoms with Gasteiger partial charge in [-0.2, -0.15) is 0 Å². The number of ether oxygens (including phenoxy) is 1.